The molecule has 0 spiro atoms. The number of anilines is 1. The van der Waals surface area contributed by atoms with Gasteiger partial charge in [0.15, 0.2) is 0 Å². The molecule has 2 aliphatic rings. The number of aromatic amines is 1. The van der Waals surface area contributed by atoms with Crippen LogP contribution in [0.3, 0.4) is 0 Å². The maximum Gasteiger partial charge on any atom is 0.252 e. The zero-order valence-corrected chi connectivity index (χ0v) is 10.9. The highest BCUT2D eigenvalue weighted by molar-refractivity contribution is 5.38. The number of H-pyrrole nitrogens is 1. The molecule has 0 bridgehead atoms. The summed E-state index contributed by atoms with van der Waals surface area (Å²) in [4.78, 5) is 23.8. The first-order valence-corrected chi connectivity index (χ1v) is 6.85. The van der Waals surface area contributed by atoms with E-state index in [1.165, 1.54) is 19.4 Å². The molecule has 0 radical (unpaired) electrons. The van der Waals surface area contributed by atoms with Gasteiger partial charge in [0.05, 0.1) is 0 Å². The van der Waals surface area contributed by atoms with Gasteiger partial charge in [-0.15, -0.1) is 0 Å². The molecular weight excluding hydrogens is 228 g/mol. The van der Waals surface area contributed by atoms with Crippen molar-refractivity contribution in [3.05, 3.63) is 22.2 Å². The minimum Gasteiger partial charge on any atom is -0.354 e. The minimum atomic E-state index is -0.0364. The summed E-state index contributed by atoms with van der Waals surface area (Å²) in [7, 11) is 0. The number of nitrogens with one attached hydrogen (secondary N) is 1. The molecule has 0 saturated carbocycles. The second-order valence-electron chi connectivity index (χ2n) is 5.18. The van der Waals surface area contributed by atoms with Gasteiger partial charge in [-0.3, -0.25) is 9.69 Å². The van der Waals surface area contributed by atoms with Crippen molar-refractivity contribution in [2.75, 3.05) is 31.1 Å². The summed E-state index contributed by atoms with van der Waals surface area (Å²) in [6.45, 7) is 6.34. The Morgan fingerprint density at radius 3 is 3.17 bits per heavy atom. The molecule has 1 unspecified atom stereocenters. The molecule has 1 aromatic heterocycles. The van der Waals surface area contributed by atoms with E-state index in [4.69, 9.17) is 0 Å². The quantitative estimate of drug-likeness (QED) is 0.833. The third-order valence-corrected chi connectivity index (χ3v) is 4.02. The van der Waals surface area contributed by atoms with Crippen molar-refractivity contribution in [2.45, 2.75) is 32.2 Å². The Morgan fingerprint density at radius 1 is 1.44 bits per heavy atom. The van der Waals surface area contributed by atoms with Gasteiger partial charge in [-0.25, -0.2) is 4.98 Å². The highest BCUT2D eigenvalue weighted by Crippen LogP contribution is 2.23. The third-order valence-electron chi connectivity index (χ3n) is 4.02. The van der Waals surface area contributed by atoms with Crippen molar-refractivity contribution < 1.29 is 0 Å². The molecule has 5 nitrogen and oxygen atoms in total. The zero-order chi connectivity index (χ0) is 12.5. The fourth-order valence-electron chi connectivity index (χ4n) is 3.02. The maximum absolute atomic E-state index is 11.6. The van der Waals surface area contributed by atoms with E-state index < -0.39 is 0 Å². The van der Waals surface area contributed by atoms with Crippen LogP contribution in [-0.4, -0.2) is 47.1 Å². The van der Waals surface area contributed by atoms with Crippen molar-refractivity contribution in [1.82, 2.24) is 14.9 Å². The molecule has 0 amide bonds. The highest BCUT2D eigenvalue weighted by atomic mass is 16.1. The summed E-state index contributed by atoms with van der Waals surface area (Å²) in [5.41, 5.74) is -0.0364. The van der Waals surface area contributed by atoms with E-state index in [0.29, 0.717) is 6.04 Å². The van der Waals surface area contributed by atoms with Crippen LogP contribution in [0.5, 0.6) is 0 Å². The average molecular weight is 248 g/mol. The van der Waals surface area contributed by atoms with Gasteiger partial charge >= 0.3 is 0 Å². The average Bonchev–Trinajstić information content (AvgIpc) is 2.85. The second-order valence-corrected chi connectivity index (χ2v) is 5.18. The topological polar surface area (TPSA) is 52.2 Å². The van der Waals surface area contributed by atoms with Crippen molar-refractivity contribution in [2.24, 2.45) is 0 Å². The summed E-state index contributed by atoms with van der Waals surface area (Å²) in [5.74, 6) is 1.63. The zero-order valence-electron chi connectivity index (χ0n) is 10.9. The van der Waals surface area contributed by atoms with Gasteiger partial charge in [0.1, 0.15) is 11.6 Å². The van der Waals surface area contributed by atoms with Gasteiger partial charge in [-0.1, -0.05) is 6.92 Å². The van der Waals surface area contributed by atoms with Gasteiger partial charge in [-0.05, 0) is 19.4 Å². The first-order valence-electron chi connectivity index (χ1n) is 6.85. The predicted molar refractivity (Wildman–Crippen MR) is 71.0 cm³/mol. The van der Waals surface area contributed by atoms with Crippen LogP contribution >= 0.6 is 0 Å². The molecule has 0 aromatic carbocycles. The van der Waals surface area contributed by atoms with Gasteiger partial charge < -0.3 is 9.88 Å². The number of hydrogen-bond acceptors (Lipinski definition) is 4. The Bertz CT molecular complexity index is 484. The summed E-state index contributed by atoms with van der Waals surface area (Å²) < 4.78 is 0. The molecule has 2 fully saturated rings. The number of aromatic nitrogens is 2. The molecule has 18 heavy (non-hydrogen) atoms. The van der Waals surface area contributed by atoms with Gasteiger partial charge in [0.2, 0.25) is 0 Å². The highest BCUT2D eigenvalue weighted by Gasteiger charge is 2.31. The molecule has 3 heterocycles. The van der Waals surface area contributed by atoms with Crippen LogP contribution < -0.4 is 10.5 Å². The second kappa shape index (κ2) is 4.72. The fraction of sp³-hybridized carbons (Fsp3) is 0.692. The largest absolute Gasteiger partial charge is 0.354 e. The first-order chi connectivity index (χ1) is 8.76. The van der Waals surface area contributed by atoms with E-state index >= 15 is 0 Å². The summed E-state index contributed by atoms with van der Waals surface area (Å²) in [6, 6.07) is 2.29. The van der Waals surface area contributed by atoms with Crippen molar-refractivity contribution in [1.29, 1.82) is 0 Å². The Kier molecular flexibility index (Phi) is 3.07. The summed E-state index contributed by atoms with van der Waals surface area (Å²) >= 11 is 0. The van der Waals surface area contributed by atoms with E-state index in [0.717, 1.165) is 37.7 Å². The number of fused-ring (bicyclic) bond motifs is 1. The van der Waals surface area contributed by atoms with E-state index in [2.05, 4.69) is 19.8 Å². The predicted octanol–water partition coefficient (Wildman–Crippen LogP) is 0.617. The molecule has 2 aliphatic heterocycles. The molecule has 2 saturated heterocycles. The Hall–Kier alpha value is -1.36. The SMILES string of the molecule is CCc1nc(N2CCN3CCCC3C2)cc(=O)[nH]1. The van der Waals surface area contributed by atoms with Gasteiger partial charge in [0, 0.05) is 38.2 Å². The van der Waals surface area contributed by atoms with E-state index in [1.807, 2.05) is 6.92 Å². The summed E-state index contributed by atoms with van der Waals surface area (Å²) in [6.07, 6.45) is 3.36. The van der Waals surface area contributed by atoms with E-state index in [-0.39, 0.29) is 5.56 Å². The molecule has 1 atom stereocenters. The number of rotatable bonds is 2. The molecule has 1 N–H and O–H groups in total. The standard InChI is InChI=1S/C13H20N4O/c1-2-11-14-12(8-13(18)15-11)17-7-6-16-5-3-4-10(16)9-17/h8,10H,2-7,9H2,1H3,(H,14,15,18). The smallest absolute Gasteiger partial charge is 0.252 e. The van der Waals surface area contributed by atoms with Crippen LogP contribution in [-0.2, 0) is 6.42 Å². The number of nitrogens with zero attached hydrogens (tertiary/aromatic N) is 3. The lowest BCUT2D eigenvalue weighted by Crippen LogP contribution is -2.50. The van der Waals surface area contributed by atoms with Crippen LogP contribution in [0.1, 0.15) is 25.6 Å². The lowest BCUT2D eigenvalue weighted by molar-refractivity contribution is 0.230. The lowest BCUT2D eigenvalue weighted by atomic mass is 10.1. The molecule has 1 aromatic rings. The van der Waals surface area contributed by atoms with Crippen LogP contribution in [0, 0.1) is 0 Å². The maximum atomic E-state index is 11.6. The summed E-state index contributed by atoms with van der Waals surface area (Å²) in [5, 5.41) is 0. The molecule has 0 aliphatic carbocycles. The van der Waals surface area contributed by atoms with Crippen molar-refractivity contribution in [3.63, 3.8) is 0 Å². The molecular formula is C13H20N4O. The molecule has 3 rings (SSSR count). The number of hydrogen-bond donors (Lipinski definition) is 1. The Labute approximate surface area is 107 Å². The normalized spacial score (nSPS) is 24.3. The Morgan fingerprint density at radius 2 is 2.33 bits per heavy atom. The van der Waals surface area contributed by atoms with Crippen LogP contribution in [0.4, 0.5) is 5.82 Å². The fourth-order valence-corrected chi connectivity index (χ4v) is 3.02. The van der Waals surface area contributed by atoms with Crippen LogP contribution in [0.25, 0.3) is 0 Å². The first kappa shape index (κ1) is 11.7. The number of piperazine rings is 1. The van der Waals surface area contributed by atoms with Crippen LogP contribution in [0.15, 0.2) is 10.9 Å². The Balaban J connectivity index is 1.82. The van der Waals surface area contributed by atoms with Crippen molar-refractivity contribution >= 4 is 5.82 Å². The van der Waals surface area contributed by atoms with Crippen LogP contribution in [0.2, 0.25) is 0 Å². The van der Waals surface area contributed by atoms with Crippen molar-refractivity contribution in [3.8, 4) is 0 Å². The van der Waals surface area contributed by atoms with Gasteiger partial charge in [-0.2, -0.15) is 0 Å². The third kappa shape index (κ3) is 2.14. The monoisotopic (exact) mass is 248 g/mol. The minimum absolute atomic E-state index is 0.0364. The molecule has 98 valence electrons. The lowest BCUT2D eigenvalue weighted by Gasteiger charge is -2.38. The number of aryl methyl sites for hydroxylation is 1. The van der Waals surface area contributed by atoms with E-state index in [1.54, 1.807) is 6.07 Å². The molecule has 5 heteroatoms. The van der Waals surface area contributed by atoms with E-state index in [9.17, 15) is 4.79 Å². The van der Waals surface area contributed by atoms with Gasteiger partial charge in [0.25, 0.3) is 5.56 Å².